The minimum Gasteiger partial charge on any atom is -0.323 e. The molecule has 21 heavy (non-hydrogen) atoms. The van der Waals surface area contributed by atoms with Gasteiger partial charge in [-0.1, -0.05) is 36.4 Å². The van der Waals surface area contributed by atoms with Crippen LogP contribution in [0.25, 0.3) is 0 Å². The van der Waals surface area contributed by atoms with Gasteiger partial charge in [-0.3, -0.25) is 4.79 Å². The van der Waals surface area contributed by atoms with Gasteiger partial charge in [0.25, 0.3) is 5.91 Å². The summed E-state index contributed by atoms with van der Waals surface area (Å²) < 4.78 is 0. The molecule has 4 rings (SSSR count). The highest BCUT2D eigenvalue weighted by molar-refractivity contribution is 6.13. The molecule has 2 aromatic carbocycles. The molecule has 0 saturated carbocycles. The zero-order chi connectivity index (χ0) is 14.6. The highest BCUT2D eigenvalue weighted by Gasteiger charge is 2.56. The normalized spacial score (nSPS) is 22.6. The summed E-state index contributed by atoms with van der Waals surface area (Å²) in [6.07, 6.45) is 0. The third-order valence-corrected chi connectivity index (χ3v) is 4.26. The van der Waals surface area contributed by atoms with Crippen LogP contribution in [0.1, 0.15) is 11.1 Å². The monoisotopic (exact) mass is 279 g/mol. The number of benzene rings is 2. The van der Waals surface area contributed by atoms with Crippen molar-refractivity contribution in [2.24, 2.45) is 0 Å². The van der Waals surface area contributed by atoms with Crippen LogP contribution >= 0.6 is 0 Å². The van der Waals surface area contributed by atoms with Gasteiger partial charge in [-0.25, -0.2) is 4.79 Å². The highest BCUT2D eigenvalue weighted by atomic mass is 16.2. The number of anilines is 2. The average Bonchev–Trinajstić information content (AvgIpc) is 2.78. The standard InChI is InChI=1S/C16H13N3O2/c1-19-15(21)18-13-9-5-3-7-11(13)16(19)10-6-2-4-8-12(10)17-14(16)20/h2-9H,1H3,(H,17,20)(H,18,21). The lowest BCUT2D eigenvalue weighted by atomic mass is 9.80. The molecule has 104 valence electrons. The smallest absolute Gasteiger partial charge is 0.323 e. The van der Waals surface area contributed by atoms with Crippen LogP contribution in [-0.4, -0.2) is 23.9 Å². The summed E-state index contributed by atoms with van der Waals surface area (Å²) in [6, 6.07) is 14.6. The van der Waals surface area contributed by atoms with Crippen molar-refractivity contribution in [3.8, 4) is 0 Å². The molecule has 2 aliphatic heterocycles. The summed E-state index contributed by atoms with van der Waals surface area (Å²) in [7, 11) is 1.65. The Bertz CT molecular complexity index is 787. The van der Waals surface area contributed by atoms with Gasteiger partial charge in [-0.15, -0.1) is 0 Å². The van der Waals surface area contributed by atoms with Gasteiger partial charge in [-0.2, -0.15) is 0 Å². The predicted molar refractivity (Wildman–Crippen MR) is 79.1 cm³/mol. The number of likely N-dealkylation sites (N-methyl/N-ethyl adjacent to an activating group) is 1. The molecule has 0 saturated heterocycles. The van der Waals surface area contributed by atoms with E-state index in [-0.39, 0.29) is 11.9 Å². The van der Waals surface area contributed by atoms with Gasteiger partial charge in [0.15, 0.2) is 5.54 Å². The number of para-hydroxylation sites is 2. The molecule has 1 spiro atoms. The molecule has 2 aliphatic rings. The van der Waals surface area contributed by atoms with Crippen LogP contribution in [0.5, 0.6) is 0 Å². The Balaban J connectivity index is 2.11. The lowest BCUT2D eigenvalue weighted by Gasteiger charge is -2.42. The van der Waals surface area contributed by atoms with Gasteiger partial charge < -0.3 is 15.5 Å². The van der Waals surface area contributed by atoms with Crippen molar-refractivity contribution in [2.45, 2.75) is 5.54 Å². The Hall–Kier alpha value is -2.82. The summed E-state index contributed by atoms with van der Waals surface area (Å²) in [4.78, 5) is 26.6. The van der Waals surface area contributed by atoms with E-state index in [2.05, 4.69) is 10.6 Å². The van der Waals surface area contributed by atoms with Gasteiger partial charge in [0.1, 0.15) is 0 Å². The number of amides is 3. The average molecular weight is 279 g/mol. The molecule has 5 heteroatoms. The molecule has 2 heterocycles. The molecule has 2 aromatic rings. The van der Waals surface area contributed by atoms with Crippen molar-refractivity contribution in [2.75, 3.05) is 17.7 Å². The Morgan fingerprint density at radius 2 is 1.38 bits per heavy atom. The molecule has 1 atom stereocenters. The van der Waals surface area contributed by atoms with E-state index in [0.29, 0.717) is 5.69 Å². The van der Waals surface area contributed by atoms with E-state index in [1.54, 1.807) is 7.05 Å². The van der Waals surface area contributed by atoms with Gasteiger partial charge in [-0.05, 0) is 12.1 Å². The van der Waals surface area contributed by atoms with Gasteiger partial charge in [0, 0.05) is 29.5 Å². The largest absolute Gasteiger partial charge is 0.323 e. The van der Waals surface area contributed by atoms with E-state index < -0.39 is 5.54 Å². The molecule has 2 N–H and O–H groups in total. The number of nitrogens with one attached hydrogen (secondary N) is 2. The van der Waals surface area contributed by atoms with Crippen LogP contribution in [0.3, 0.4) is 0 Å². The Kier molecular flexibility index (Phi) is 2.19. The maximum Gasteiger partial charge on any atom is 0.323 e. The fourth-order valence-corrected chi connectivity index (χ4v) is 3.28. The molecule has 0 aromatic heterocycles. The molecular formula is C16H13N3O2. The number of hydrogen-bond donors (Lipinski definition) is 2. The van der Waals surface area contributed by atoms with Crippen molar-refractivity contribution >= 4 is 23.3 Å². The van der Waals surface area contributed by atoms with Gasteiger partial charge in [0.2, 0.25) is 0 Å². The van der Waals surface area contributed by atoms with Crippen molar-refractivity contribution < 1.29 is 9.59 Å². The minimum atomic E-state index is -1.10. The minimum absolute atomic E-state index is 0.200. The molecule has 0 bridgehead atoms. The van der Waals surface area contributed by atoms with Crippen LogP contribution in [0.2, 0.25) is 0 Å². The number of nitrogens with zero attached hydrogens (tertiary/aromatic N) is 1. The zero-order valence-corrected chi connectivity index (χ0v) is 11.4. The summed E-state index contributed by atoms with van der Waals surface area (Å²) >= 11 is 0. The van der Waals surface area contributed by atoms with E-state index in [0.717, 1.165) is 16.8 Å². The maximum atomic E-state index is 12.8. The quantitative estimate of drug-likeness (QED) is 0.777. The number of carbonyl (C=O) groups is 2. The molecule has 1 unspecified atom stereocenters. The molecule has 3 amide bonds. The van der Waals surface area contributed by atoms with Crippen LogP contribution in [0.4, 0.5) is 16.2 Å². The van der Waals surface area contributed by atoms with Gasteiger partial charge in [0.05, 0.1) is 0 Å². The number of hydrogen-bond acceptors (Lipinski definition) is 2. The first-order valence-corrected chi connectivity index (χ1v) is 6.71. The van der Waals surface area contributed by atoms with E-state index in [4.69, 9.17) is 0 Å². The fourth-order valence-electron chi connectivity index (χ4n) is 3.28. The van der Waals surface area contributed by atoms with E-state index in [1.165, 1.54) is 4.90 Å². The number of fused-ring (bicyclic) bond motifs is 4. The number of rotatable bonds is 0. The van der Waals surface area contributed by atoms with E-state index >= 15 is 0 Å². The third-order valence-electron chi connectivity index (χ3n) is 4.26. The van der Waals surface area contributed by atoms with Crippen LogP contribution in [0.15, 0.2) is 48.5 Å². The van der Waals surface area contributed by atoms with Crippen molar-refractivity contribution in [3.63, 3.8) is 0 Å². The lowest BCUT2D eigenvalue weighted by molar-refractivity contribution is -0.123. The second-order valence-corrected chi connectivity index (χ2v) is 5.24. The van der Waals surface area contributed by atoms with Crippen molar-refractivity contribution in [3.05, 3.63) is 59.7 Å². The van der Waals surface area contributed by atoms with Crippen LogP contribution in [-0.2, 0) is 10.3 Å². The number of urea groups is 1. The summed E-state index contributed by atoms with van der Waals surface area (Å²) in [5.41, 5.74) is 1.91. The van der Waals surface area contributed by atoms with Crippen LogP contribution < -0.4 is 10.6 Å². The van der Waals surface area contributed by atoms with E-state index in [1.807, 2.05) is 48.5 Å². The van der Waals surface area contributed by atoms with Crippen molar-refractivity contribution in [1.29, 1.82) is 0 Å². The first-order chi connectivity index (χ1) is 10.2. The Labute approximate surface area is 121 Å². The molecule has 5 nitrogen and oxygen atoms in total. The Morgan fingerprint density at radius 1 is 0.857 bits per heavy atom. The van der Waals surface area contributed by atoms with Crippen molar-refractivity contribution in [1.82, 2.24) is 4.90 Å². The first-order valence-electron chi connectivity index (χ1n) is 6.71. The Morgan fingerprint density at radius 3 is 2.00 bits per heavy atom. The molecule has 0 aliphatic carbocycles. The fraction of sp³-hybridized carbons (Fsp3) is 0.125. The summed E-state index contributed by atoms with van der Waals surface area (Å²) in [5, 5.41) is 5.71. The first kappa shape index (κ1) is 12.0. The predicted octanol–water partition coefficient (Wildman–Crippen LogP) is 2.36. The second-order valence-electron chi connectivity index (χ2n) is 5.24. The maximum absolute atomic E-state index is 12.8. The summed E-state index contributed by atoms with van der Waals surface area (Å²) in [6.45, 7) is 0. The topological polar surface area (TPSA) is 61.4 Å². The SMILES string of the molecule is CN1C(=O)Nc2ccccc2C12C(=O)Nc1ccccc12. The molecular weight excluding hydrogens is 266 g/mol. The summed E-state index contributed by atoms with van der Waals surface area (Å²) in [5.74, 6) is -0.200. The van der Waals surface area contributed by atoms with E-state index in [9.17, 15) is 9.59 Å². The third kappa shape index (κ3) is 1.30. The highest BCUT2D eigenvalue weighted by Crippen LogP contribution is 2.48. The van der Waals surface area contributed by atoms with Crippen LogP contribution in [0, 0.1) is 0 Å². The molecule has 0 radical (unpaired) electrons. The zero-order valence-electron chi connectivity index (χ0n) is 11.4. The molecule has 0 fully saturated rings. The number of carbonyl (C=O) groups excluding carboxylic acids is 2. The second kappa shape index (κ2) is 3.85. The van der Waals surface area contributed by atoms with Gasteiger partial charge >= 0.3 is 6.03 Å². The lowest BCUT2D eigenvalue weighted by Crippen LogP contribution is -2.56.